The van der Waals surface area contributed by atoms with Crippen molar-refractivity contribution in [2.24, 2.45) is 0 Å². The van der Waals surface area contributed by atoms with Crippen LogP contribution in [-0.4, -0.2) is 23.2 Å². The van der Waals surface area contributed by atoms with Crippen molar-refractivity contribution in [3.05, 3.63) is 47.3 Å². The molecule has 1 aromatic heterocycles. The molecule has 0 amide bonds. The van der Waals surface area contributed by atoms with E-state index >= 15 is 0 Å². The van der Waals surface area contributed by atoms with Crippen LogP contribution in [0.3, 0.4) is 0 Å². The van der Waals surface area contributed by atoms with Crippen LogP contribution in [0, 0.1) is 18.3 Å². The van der Waals surface area contributed by atoms with Crippen LogP contribution < -0.4 is 4.74 Å². The Labute approximate surface area is 116 Å². The first-order chi connectivity index (χ1) is 9.56. The molecule has 100 valence electrons. The van der Waals surface area contributed by atoms with E-state index in [9.17, 15) is 10.1 Å². The second kappa shape index (κ2) is 5.41. The van der Waals surface area contributed by atoms with Crippen molar-refractivity contribution in [1.29, 1.82) is 5.26 Å². The molecule has 0 aliphatic heterocycles. The van der Waals surface area contributed by atoms with E-state index < -0.39 is 5.97 Å². The third-order valence-corrected chi connectivity index (χ3v) is 2.93. The standard InChI is InChI=1S/C15H12N2O3/c1-9-13(8-16)12(7-14(17-9)15(18)19)10-3-5-11(20-2)6-4-10/h3-7H,1-2H3,(H,18,19). The number of benzene rings is 1. The summed E-state index contributed by atoms with van der Waals surface area (Å²) in [5.74, 6) is -0.427. The average Bonchev–Trinajstić information content (AvgIpc) is 2.46. The fourth-order valence-electron chi connectivity index (χ4n) is 1.92. The first kappa shape index (κ1) is 13.6. The van der Waals surface area contributed by atoms with Gasteiger partial charge >= 0.3 is 5.97 Å². The summed E-state index contributed by atoms with van der Waals surface area (Å²) in [6, 6.07) is 10.6. The van der Waals surface area contributed by atoms with Gasteiger partial charge in [-0.05, 0) is 30.7 Å². The zero-order chi connectivity index (χ0) is 14.7. The van der Waals surface area contributed by atoms with E-state index in [4.69, 9.17) is 9.84 Å². The Kier molecular flexibility index (Phi) is 3.67. The number of hydrogen-bond donors (Lipinski definition) is 1. The fourth-order valence-corrected chi connectivity index (χ4v) is 1.92. The molecule has 1 heterocycles. The highest BCUT2D eigenvalue weighted by atomic mass is 16.5. The zero-order valence-electron chi connectivity index (χ0n) is 11.0. The lowest BCUT2D eigenvalue weighted by atomic mass is 9.99. The van der Waals surface area contributed by atoms with Crippen LogP contribution in [0.1, 0.15) is 21.7 Å². The Morgan fingerprint density at radius 2 is 2.00 bits per heavy atom. The first-order valence-electron chi connectivity index (χ1n) is 5.86. The molecule has 0 aliphatic rings. The number of nitrogens with zero attached hydrogens (tertiary/aromatic N) is 2. The smallest absolute Gasteiger partial charge is 0.354 e. The number of pyridine rings is 1. The quantitative estimate of drug-likeness (QED) is 0.925. The molecule has 0 unspecified atom stereocenters. The molecular formula is C15H12N2O3. The number of hydrogen-bond acceptors (Lipinski definition) is 4. The monoisotopic (exact) mass is 268 g/mol. The molecule has 0 saturated heterocycles. The van der Waals surface area contributed by atoms with E-state index in [2.05, 4.69) is 11.1 Å². The molecule has 0 fully saturated rings. The van der Waals surface area contributed by atoms with Crippen molar-refractivity contribution in [1.82, 2.24) is 4.98 Å². The lowest BCUT2D eigenvalue weighted by molar-refractivity contribution is 0.0690. The molecule has 0 aliphatic carbocycles. The number of nitriles is 1. The van der Waals surface area contributed by atoms with Gasteiger partial charge < -0.3 is 9.84 Å². The molecule has 0 spiro atoms. The molecule has 1 N–H and O–H groups in total. The Morgan fingerprint density at radius 1 is 1.35 bits per heavy atom. The number of methoxy groups -OCH3 is 1. The number of rotatable bonds is 3. The lowest BCUT2D eigenvalue weighted by Gasteiger charge is -2.09. The van der Waals surface area contributed by atoms with E-state index in [0.717, 1.165) is 5.56 Å². The predicted molar refractivity (Wildman–Crippen MR) is 72.6 cm³/mol. The summed E-state index contributed by atoms with van der Waals surface area (Å²) in [6.45, 7) is 1.62. The van der Waals surface area contributed by atoms with Crippen molar-refractivity contribution in [2.45, 2.75) is 6.92 Å². The molecule has 0 saturated carbocycles. The van der Waals surface area contributed by atoms with Gasteiger partial charge in [-0.3, -0.25) is 0 Å². The van der Waals surface area contributed by atoms with Gasteiger partial charge in [0, 0.05) is 5.56 Å². The second-order valence-electron chi connectivity index (χ2n) is 4.16. The third kappa shape index (κ3) is 2.45. The maximum absolute atomic E-state index is 11.1. The Hall–Kier alpha value is -2.87. The van der Waals surface area contributed by atoms with Gasteiger partial charge in [0.15, 0.2) is 0 Å². The normalized spacial score (nSPS) is 9.85. The van der Waals surface area contributed by atoms with Crippen LogP contribution in [0.5, 0.6) is 5.75 Å². The van der Waals surface area contributed by atoms with Crippen molar-refractivity contribution in [3.63, 3.8) is 0 Å². The molecule has 1 aromatic carbocycles. The van der Waals surface area contributed by atoms with Gasteiger partial charge in [0.05, 0.1) is 18.4 Å². The van der Waals surface area contributed by atoms with Gasteiger partial charge in [0.2, 0.25) is 0 Å². The summed E-state index contributed by atoms with van der Waals surface area (Å²) in [5.41, 5.74) is 2.00. The minimum absolute atomic E-state index is 0.0766. The Bertz CT molecular complexity index is 700. The van der Waals surface area contributed by atoms with Gasteiger partial charge in [-0.1, -0.05) is 12.1 Å². The van der Waals surface area contributed by atoms with Gasteiger partial charge in [-0.2, -0.15) is 5.26 Å². The van der Waals surface area contributed by atoms with Gasteiger partial charge in [-0.15, -0.1) is 0 Å². The number of carboxylic acid groups (broad SMARTS) is 1. The molecule has 20 heavy (non-hydrogen) atoms. The van der Waals surface area contributed by atoms with E-state index in [1.54, 1.807) is 38.3 Å². The van der Waals surface area contributed by atoms with Gasteiger partial charge in [0.1, 0.15) is 17.5 Å². The average molecular weight is 268 g/mol. The number of aromatic nitrogens is 1. The summed E-state index contributed by atoms with van der Waals surface area (Å²) >= 11 is 0. The lowest BCUT2D eigenvalue weighted by Crippen LogP contribution is -2.04. The molecule has 0 radical (unpaired) electrons. The molecule has 5 nitrogen and oxygen atoms in total. The van der Waals surface area contributed by atoms with Crippen LogP contribution in [0.25, 0.3) is 11.1 Å². The second-order valence-corrected chi connectivity index (χ2v) is 4.16. The van der Waals surface area contributed by atoms with E-state index in [1.165, 1.54) is 6.07 Å². The first-order valence-corrected chi connectivity index (χ1v) is 5.86. The number of aromatic carboxylic acids is 1. The van der Waals surface area contributed by atoms with Crippen molar-refractivity contribution in [2.75, 3.05) is 7.11 Å². The number of carboxylic acids is 1. The van der Waals surface area contributed by atoms with Crippen molar-refractivity contribution in [3.8, 4) is 22.9 Å². The minimum Gasteiger partial charge on any atom is -0.497 e. The number of ether oxygens (including phenoxy) is 1. The fraction of sp³-hybridized carbons (Fsp3) is 0.133. The molecule has 2 rings (SSSR count). The van der Waals surface area contributed by atoms with Crippen molar-refractivity contribution < 1.29 is 14.6 Å². The molecular weight excluding hydrogens is 256 g/mol. The number of carbonyl (C=O) groups is 1. The maximum atomic E-state index is 11.1. The van der Waals surface area contributed by atoms with Crippen LogP contribution in [-0.2, 0) is 0 Å². The largest absolute Gasteiger partial charge is 0.497 e. The van der Waals surface area contributed by atoms with Crippen molar-refractivity contribution >= 4 is 5.97 Å². The van der Waals surface area contributed by atoms with Crippen LogP contribution >= 0.6 is 0 Å². The highest BCUT2D eigenvalue weighted by Crippen LogP contribution is 2.27. The minimum atomic E-state index is -1.12. The summed E-state index contributed by atoms with van der Waals surface area (Å²) in [6.07, 6.45) is 0. The summed E-state index contributed by atoms with van der Waals surface area (Å²) in [4.78, 5) is 15.0. The predicted octanol–water partition coefficient (Wildman–Crippen LogP) is 2.64. The van der Waals surface area contributed by atoms with E-state index in [1.807, 2.05) is 0 Å². The number of aryl methyl sites for hydroxylation is 1. The molecule has 0 bridgehead atoms. The Balaban J connectivity index is 2.64. The summed E-state index contributed by atoms with van der Waals surface area (Å²) in [7, 11) is 1.56. The Morgan fingerprint density at radius 3 is 2.50 bits per heavy atom. The highest BCUT2D eigenvalue weighted by molar-refractivity contribution is 5.88. The zero-order valence-corrected chi connectivity index (χ0v) is 11.0. The summed E-state index contributed by atoms with van der Waals surface area (Å²) < 4.78 is 5.08. The van der Waals surface area contributed by atoms with E-state index in [0.29, 0.717) is 22.6 Å². The van der Waals surface area contributed by atoms with Gasteiger partial charge in [0.25, 0.3) is 0 Å². The molecule has 0 atom stereocenters. The van der Waals surface area contributed by atoms with Crippen LogP contribution in [0.2, 0.25) is 0 Å². The third-order valence-electron chi connectivity index (χ3n) is 2.93. The topological polar surface area (TPSA) is 83.2 Å². The van der Waals surface area contributed by atoms with E-state index in [-0.39, 0.29) is 5.69 Å². The molecule has 5 heteroatoms. The van der Waals surface area contributed by atoms with Crippen LogP contribution in [0.4, 0.5) is 0 Å². The highest BCUT2D eigenvalue weighted by Gasteiger charge is 2.15. The summed E-state index contributed by atoms with van der Waals surface area (Å²) in [5, 5.41) is 18.3. The molecule has 2 aromatic rings. The SMILES string of the molecule is COc1ccc(-c2cc(C(=O)O)nc(C)c2C#N)cc1. The maximum Gasteiger partial charge on any atom is 0.354 e. The van der Waals surface area contributed by atoms with Crippen LogP contribution in [0.15, 0.2) is 30.3 Å². The van der Waals surface area contributed by atoms with Gasteiger partial charge in [-0.25, -0.2) is 9.78 Å².